The number of H-pyrrole nitrogens is 1. The van der Waals surface area contributed by atoms with Crippen LogP contribution in [0.3, 0.4) is 0 Å². The number of aromatic amines is 1. The number of aromatic nitrogens is 4. The molecule has 0 amide bonds. The van der Waals surface area contributed by atoms with E-state index in [1.165, 1.54) is 6.20 Å². The first kappa shape index (κ1) is 11.1. The van der Waals surface area contributed by atoms with Gasteiger partial charge in [0, 0.05) is 18.4 Å². The fourth-order valence-corrected chi connectivity index (χ4v) is 1.47. The van der Waals surface area contributed by atoms with Crippen molar-refractivity contribution in [2.45, 2.75) is 19.9 Å². The zero-order valence-corrected chi connectivity index (χ0v) is 10.5. The van der Waals surface area contributed by atoms with Crippen LogP contribution in [0.2, 0.25) is 0 Å². The van der Waals surface area contributed by atoms with Gasteiger partial charge in [0.05, 0.1) is 11.8 Å². The zero-order valence-electron chi connectivity index (χ0n) is 8.94. The van der Waals surface area contributed by atoms with Gasteiger partial charge >= 0.3 is 0 Å². The van der Waals surface area contributed by atoms with Crippen molar-refractivity contribution in [2.75, 3.05) is 0 Å². The summed E-state index contributed by atoms with van der Waals surface area (Å²) in [6.45, 7) is 4.07. The molecule has 6 heteroatoms. The highest BCUT2D eigenvalue weighted by Crippen LogP contribution is 2.14. The van der Waals surface area contributed by atoms with Crippen LogP contribution in [-0.2, 0) is 0 Å². The van der Waals surface area contributed by atoms with Gasteiger partial charge in [0.1, 0.15) is 10.3 Å². The van der Waals surface area contributed by atoms with Crippen LogP contribution in [0.15, 0.2) is 27.9 Å². The molecule has 0 aliphatic rings. The summed E-state index contributed by atoms with van der Waals surface area (Å²) in [5, 5.41) is 4.19. The molecule has 0 radical (unpaired) electrons. The maximum atomic E-state index is 11.4. The van der Waals surface area contributed by atoms with Crippen LogP contribution in [0.5, 0.6) is 0 Å². The van der Waals surface area contributed by atoms with Crippen LogP contribution in [0.1, 0.15) is 19.9 Å². The van der Waals surface area contributed by atoms with E-state index in [2.05, 4.69) is 31.0 Å². The minimum absolute atomic E-state index is 0.192. The first-order valence-corrected chi connectivity index (χ1v) is 5.66. The van der Waals surface area contributed by atoms with Crippen LogP contribution in [0.4, 0.5) is 0 Å². The Bertz CT molecular complexity index is 558. The van der Waals surface area contributed by atoms with E-state index < -0.39 is 0 Å². The summed E-state index contributed by atoms with van der Waals surface area (Å²) >= 11 is 3.10. The molecule has 2 aromatic rings. The van der Waals surface area contributed by atoms with E-state index >= 15 is 0 Å². The Morgan fingerprint density at radius 3 is 2.75 bits per heavy atom. The average molecular weight is 283 g/mol. The number of rotatable bonds is 2. The van der Waals surface area contributed by atoms with Crippen LogP contribution in [-0.4, -0.2) is 19.7 Å². The second-order valence-corrected chi connectivity index (χ2v) is 4.57. The van der Waals surface area contributed by atoms with Crippen molar-refractivity contribution in [3.05, 3.63) is 33.4 Å². The van der Waals surface area contributed by atoms with E-state index in [1.807, 2.05) is 24.7 Å². The molecule has 0 saturated carbocycles. The SMILES string of the molecule is CC(C)n1cc(-c2ncc(Br)c(=O)[nH]2)cn1. The second kappa shape index (κ2) is 4.21. The minimum atomic E-state index is -0.192. The molecule has 0 aliphatic heterocycles. The number of hydrogen-bond donors (Lipinski definition) is 1. The molecule has 0 aromatic carbocycles. The van der Waals surface area contributed by atoms with Gasteiger partial charge < -0.3 is 4.98 Å². The van der Waals surface area contributed by atoms with E-state index in [1.54, 1.807) is 6.20 Å². The summed E-state index contributed by atoms with van der Waals surface area (Å²) in [4.78, 5) is 18.2. The summed E-state index contributed by atoms with van der Waals surface area (Å²) in [7, 11) is 0. The molecule has 2 heterocycles. The topological polar surface area (TPSA) is 63.6 Å². The van der Waals surface area contributed by atoms with Crippen molar-refractivity contribution >= 4 is 15.9 Å². The molecule has 2 rings (SSSR count). The van der Waals surface area contributed by atoms with Crippen LogP contribution in [0, 0.1) is 0 Å². The Hall–Kier alpha value is -1.43. The largest absolute Gasteiger partial charge is 0.305 e. The van der Waals surface area contributed by atoms with Crippen LogP contribution >= 0.6 is 15.9 Å². The Balaban J connectivity index is 2.43. The van der Waals surface area contributed by atoms with E-state index in [4.69, 9.17) is 0 Å². The Morgan fingerprint density at radius 2 is 2.19 bits per heavy atom. The second-order valence-electron chi connectivity index (χ2n) is 3.71. The lowest BCUT2D eigenvalue weighted by Gasteiger charge is -2.02. The summed E-state index contributed by atoms with van der Waals surface area (Å²) < 4.78 is 2.24. The molecular formula is C10H11BrN4O. The summed E-state index contributed by atoms with van der Waals surface area (Å²) in [5.41, 5.74) is 0.612. The predicted octanol–water partition coefficient (Wildman–Crippen LogP) is 1.98. The molecule has 0 bridgehead atoms. The Labute approximate surface area is 101 Å². The smallest absolute Gasteiger partial charge is 0.265 e. The molecule has 5 nitrogen and oxygen atoms in total. The number of halogens is 1. The van der Waals surface area contributed by atoms with Gasteiger partial charge in [0.25, 0.3) is 5.56 Å². The van der Waals surface area contributed by atoms with Gasteiger partial charge in [-0.1, -0.05) is 0 Å². The molecule has 0 saturated heterocycles. The van der Waals surface area contributed by atoms with Gasteiger partial charge in [-0.15, -0.1) is 0 Å². The van der Waals surface area contributed by atoms with Crippen molar-refractivity contribution in [3.63, 3.8) is 0 Å². The summed E-state index contributed by atoms with van der Waals surface area (Å²) in [6.07, 6.45) is 5.03. The van der Waals surface area contributed by atoms with Crippen LogP contribution < -0.4 is 5.56 Å². The highest BCUT2D eigenvalue weighted by molar-refractivity contribution is 9.10. The highest BCUT2D eigenvalue weighted by Gasteiger charge is 2.06. The van der Waals surface area contributed by atoms with Crippen molar-refractivity contribution in [2.24, 2.45) is 0 Å². The number of nitrogens with zero attached hydrogens (tertiary/aromatic N) is 3. The Morgan fingerprint density at radius 1 is 1.44 bits per heavy atom. The van der Waals surface area contributed by atoms with Crippen molar-refractivity contribution < 1.29 is 0 Å². The van der Waals surface area contributed by atoms with Crippen LogP contribution in [0.25, 0.3) is 11.4 Å². The van der Waals surface area contributed by atoms with Gasteiger partial charge in [-0.05, 0) is 29.8 Å². The third-order valence-corrected chi connectivity index (χ3v) is 2.72. The predicted molar refractivity (Wildman–Crippen MR) is 64.2 cm³/mol. The molecule has 1 N–H and O–H groups in total. The maximum Gasteiger partial charge on any atom is 0.265 e. The average Bonchev–Trinajstić information content (AvgIpc) is 2.71. The van der Waals surface area contributed by atoms with Gasteiger partial charge in [0.15, 0.2) is 0 Å². The van der Waals surface area contributed by atoms with E-state index in [-0.39, 0.29) is 11.6 Å². The first-order valence-electron chi connectivity index (χ1n) is 4.87. The molecule has 16 heavy (non-hydrogen) atoms. The quantitative estimate of drug-likeness (QED) is 0.916. The van der Waals surface area contributed by atoms with Crippen molar-refractivity contribution in [1.29, 1.82) is 0 Å². The van der Waals surface area contributed by atoms with Crippen molar-refractivity contribution in [1.82, 2.24) is 19.7 Å². The van der Waals surface area contributed by atoms with E-state index in [0.717, 1.165) is 5.56 Å². The van der Waals surface area contributed by atoms with E-state index in [0.29, 0.717) is 10.3 Å². The zero-order chi connectivity index (χ0) is 11.7. The highest BCUT2D eigenvalue weighted by atomic mass is 79.9. The molecule has 0 spiro atoms. The lowest BCUT2D eigenvalue weighted by Crippen LogP contribution is -2.08. The molecule has 2 aromatic heterocycles. The molecule has 0 unspecified atom stereocenters. The monoisotopic (exact) mass is 282 g/mol. The minimum Gasteiger partial charge on any atom is -0.305 e. The van der Waals surface area contributed by atoms with Gasteiger partial charge in [-0.2, -0.15) is 5.10 Å². The van der Waals surface area contributed by atoms with Gasteiger partial charge in [-0.3, -0.25) is 9.48 Å². The molecule has 84 valence electrons. The lowest BCUT2D eigenvalue weighted by molar-refractivity contribution is 0.532. The fraction of sp³-hybridized carbons (Fsp3) is 0.300. The van der Waals surface area contributed by atoms with Gasteiger partial charge in [0.2, 0.25) is 0 Å². The number of hydrogen-bond acceptors (Lipinski definition) is 3. The molecule has 0 aliphatic carbocycles. The Kier molecular flexibility index (Phi) is 2.91. The summed E-state index contributed by atoms with van der Waals surface area (Å²) in [5.74, 6) is 0.528. The fourth-order valence-electron chi connectivity index (χ4n) is 1.27. The summed E-state index contributed by atoms with van der Waals surface area (Å²) in [6, 6.07) is 0.288. The number of nitrogens with one attached hydrogen (secondary N) is 1. The third kappa shape index (κ3) is 2.06. The lowest BCUT2D eigenvalue weighted by atomic mass is 10.3. The standard InChI is InChI=1S/C10H11BrN4O/c1-6(2)15-5-7(3-13-15)9-12-4-8(11)10(16)14-9/h3-6H,1-2H3,(H,12,14,16). The molecule has 0 atom stereocenters. The van der Waals surface area contributed by atoms with Crippen molar-refractivity contribution in [3.8, 4) is 11.4 Å². The molecule has 0 fully saturated rings. The van der Waals surface area contributed by atoms with E-state index in [9.17, 15) is 4.79 Å². The van der Waals surface area contributed by atoms with Gasteiger partial charge in [-0.25, -0.2) is 4.98 Å². The first-order chi connectivity index (χ1) is 7.58. The third-order valence-electron chi connectivity index (χ3n) is 2.16. The normalized spacial score (nSPS) is 11.0. The molecular weight excluding hydrogens is 272 g/mol. The maximum absolute atomic E-state index is 11.4.